The van der Waals surface area contributed by atoms with Gasteiger partial charge in [0.2, 0.25) is 0 Å². The number of nitrogens with zero attached hydrogens (tertiary/aromatic N) is 2. The van der Waals surface area contributed by atoms with E-state index in [9.17, 15) is 4.79 Å². The highest BCUT2D eigenvalue weighted by Crippen LogP contribution is 2.20. The standard InChI is InChI=1S/C17H18N2O2/c1-12-3-4-14(9-13(12)2)17(20)19-10-16(11-19)21-15-5-7-18-8-6-15/h3-9,16H,10-11H2,1-2H3. The van der Waals surface area contributed by atoms with Gasteiger partial charge in [0.25, 0.3) is 5.91 Å². The summed E-state index contributed by atoms with van der Waals surface area (Å²) in [6, 6.07) is 9.49. The van der Waals surface area contributed by atoms with Crippen LogP contribution in [0.1, 0.15) is 21.5 Å². The third kappa shape index (κ3) is 2.89. The maximum Gasteiger partial charge on any atom is 0.254 e. The molecule has 1 aromatic carbocycles. The van der Waals surface area contributed by atoms with Crippen molar-refractivity contribution >= 4 is 5.91 Å². The number of aryl methyl sites for hydroxylation is 2. The minimum Gasteiger partial charge on any atom is -0.487 e. The van der Waals surface area contributed by atoms with E-state index in [2.05, 4.69) is 4.98 Å². The highest BCUT2D eigenvalue weighted by atomic mass is 16.5. The largest absolute Gasteiger partial charge is 0.487 e. The van der Waals surface area contributed by atoms with Crippen LogP contribution < -0.4 is 4.74 Å². The summed E-state index contributed by atoms with van der Waals surface area (Å²) in [6.45, 7) is 5.34. The van der Waals surface area contributed by atoms with Crippen molar-refractivity contribution in [2.75, 3.05) is 13.1 Å². The number of aromatic nitrogens is 1. The van der Waals surface area contributed by atoms with Crippen LogP contribution in [0.3, 0.4) is 0 Å². The van der Waals surface area contributed by atoms with E-state index in [4.69, 9.17) is 4.74 Å². The van der Waals surface area contributed by atoms with E-state index in [-0.39, 0.29) is 12.0 Å². The predicted octanol–water partition coefficient (Wildman–Crippen LogP) is 2.60. The molecule has 108 valence electrons. The lowest BCUT2D eigenvalue weighted by atomic mass is 10.0. The molecule has 0 aliphatic carbocycles. The molecule has 0 spiro atoms. The summed E-state index contributed by atoms with van der Waals surface area (Å²) < 4.78 is 5.78. The summed E-state index contributed by atoms with van der Waals surface area (Å²) in [5.41, 5.74) is 3.10. The third-order valence-electron chi connectivity index (χ3n) is 3.84. The number of ether oxygens (including phenoxy) is 1. The number of rotatable bonds is 3. The van der Waals surface area contributed by atoms with Crippen LogP contribution in [-0.2, 0) is 0 Å². The van der Waals surface area contributed by atoms with E-state index < -0.39 is 0 Å². The zero-order valence-electron chi connectivity index (χ0n) is 12.2. The van der Waals surface area contributed by atoms with Crippen LogP contribution in [0.15, 0.2) is 42.7 Å². The van der Waals surface area contributed by atoms with Gasteiger partial charge in [-0.1, -0.05) is 6.07 Å². The zero-order chi connectivity index (χ0) is 14.8. The van der Waals surface area contributed by atoms with Gasteiger partial charge in [-0.15, -0.1) is 0 Å². The topological polar surface area (TPSA) is 42.4 Å². The number of likely N-dealkylation sites (tertiary alicyclic amines) is 1. The third-order valence-corrected chi connectivity index (χ3v) is 3.84. The summed E-state index contributed by atoms with van der Waals surface area (Å²) in [6.07, 6.45) is 3.47. The van der Waals surface area contributed by atoms with Crippen LogP contribution in [0.5, 0.6) is 5.75 Å². The average molecular weight is 282 g/mol. The van der Waals surface area contributed by atoms with Gasteiger partial charge in [-0.25, -0.2) is 0 Å². The number of benzene rings is 1. The molecule has 4 heteroatoms. The molecule has 1 aromatic heterocycles. The lowest BCUT2D eigenvalue weighted by molar-refractivity contribution is 0.0177. The Morgan fingerprint density at radius 2 is 1.86 bits per heavy atom. The molecule has 3 rings (SSSR count). The second-order valence-corrected chi connectivity index (χ2v) is 5.43. The van der Waals surface area contributed by atoms with Crippen molar-refractivity contribution in [3.63, 3.8) is 0 Å². The number of carbonyl (C=O) groups is 1. The molecule has 0 bridgehead atoms. The Labute approximate surface area is 124 Å². The van der Waals surface area contributed by atoms with E-state index in [0.717, 1.165) is 16.9 Å². The van der Waals surface area contributed by atoms with Crippen molar-refractivity contribution in [3.05, 3.63) is 59.4 Å². The van der Waals surface area contributed by atoms with Gasteiger partial charge in [0.05, 0.1) is 13.1 Å². The van der Waals surface area contributed by atoms with Crippen LogP contribution in [0.2, 0.25) is 0 Å². The average Bonchev–Trinajstić information content (AvgIpc) is 2.46. The Balaban J connectivity index is 1.58. The van der Waals surface area contributed by atoms with E-state index in [1.165, 1.54) is 5.56 Å². The van der Waals surface area contributed by atoms with Crippen LogP contribution in [-0.4, -0.2) is 35.0 Å². The van der Waals surface area contributed by atoms with Gasteiger partial charge in [0.15, 0.2) is 0 Å². The molecular weight excluding hydrogens is 264 g/mol. The molecule has 1 amide bonds. The molecule has 0 atom stereocenters. The molecule has 21 heavy (non-hydrogen) atoms. The molecule has 4 nitrogen and oxygen atoms in total. The molecule has 0 unspecified atom stereocenters. The van der Waals surface area contributed by atoms with Crippen molar-refractivity contribution in [1.29, 1.82) is 0 Å². The first-order valence-corrected chi connectivity index (χ1v) is 7.06. The van der Waals surface area contributed by atoms with Gasteiger partial charge in [0, 0.05) is 18.0 Å². The highest BCUT2D eigenvalue weighted by molar-refractivity contribution is 5.95. The molecule has 2 aromatic rings. The van der Waals surface area contributed by atoms with Crippen LogP contribution in [0, 0.1) is 13.8 Å². The van der Waals surface area contributed by atoms with Gasteiger partial charge in [-0.2, -0.15) is 0 Å². The molecule has 1 saturated heterocycles. The summed E-state index contributed by atoms with van der Waals surface area (Å²) in [5.74, 6) is 0.876. The quantitative estimate of drug-likeness (QED) is 0.869. The van der Waals surface area contributed by atoms with Gasteiger partial charge < -0.3 is 9.64 Å². The summed E-state index contributed by atoms with van der Waals surface area (Å²) >= 11 is 0. The summed E-state index contributed by atoms with van der Waals surface area (Å²) in [5, 5.41) is 0. The molecule has 0 saturated carbocycles. The van der Waals surface area contributed by atoms with E-state index in [1.807, 2.05) is 49.1 Å². The second-order valence-electron chi connectivity index (χ2n) is 5.43. The monoisotopic (exact) mass is 282 g/mol. The Morgan fingerprint density at radius 1 is 1.14 bits per heavy atom. The number of pyridine rings is 1. The first-order valence-electron chi connectivity index (χ1n) is 7.06. The smallest absolute Gasteiger partial charge is 0.254 e. The minimum absolute atomic E-state index is 0.0721. The molecule has 2 heterocycles. The van der Waals surface area contributed by atoms with Gasteiger partial charge in [0.1, 0.15) is 11.9 Å². The first kappa shape index (κ1) is 13.6. The SMILES string of the molecule is Cc1ccc(C(=O)N2CC(Oc3ccncc3)C2)cc1C. The van der Waals surface area contributed by atoms with E-state index in [0.29, 0.717) is 13.1 Å². The van der Waals surface area contributed by atoms with Crippen LogP contribution >= 0.6 is 0 Å². The van der Waals surface area contributed by atoms with Crippen molar-refractivity contribution in [1.82, 2.24) is 9.88 Å². The minimum atomic E-state index is 0.0721. The molecule has 0 radical (unpaired) electrons. The number of amides is 1. The zero-order valence-corrected chi connectivity index (χ0v) is 12.2. The lowest BCUT2D eigenvalue weighted by Crippen LogP contribution is -2.56. The predicted molar refractivity (Wildman–Crippen MR) is 80.5 cm³/mol. The maximum absolute atomic E-state index is 12.3. The van der Waals surface area contributed by atoms with Crippen LogP contribution in [0.25, 0.3) is 0 Å². The molecule has 1 fully saturated rings. The molecular formula is C17H18N2O2. The fourth-order valence-corrected chi connectivity index (χ4v) is 2.34. The van der Waals surface area contributed by atoms with Gasteiger partial charge in [-0.3, -0.25) is 9.78 Å². The highest BCUT2D eigenvalue weighted by Gasteiger charge is 2.32. The maximum atomic E-state index is 12.3. The van der Waals surface area contributed by atoms with Crippen molar-refractivity contribution in [2.45, 2.75) is 20.0 Å². The fraction of sp³-hybridized carbons (Fsp3) is 0.294. The molecule has 1 aliphatic heterocycles. The number of carbonyl (C=O) groups excluding carboxylic acids is 1. The van der Waals surface area contributed by atoms with Crippen molar-refractivity contribution in [3.8, 4) is 5.75 Å². The Bertz CT molecular complexity index is 649. The summed E-state index contributed by atoms with van der Waals surface area (Å²) in [7, 11) is 0. The van der Waals surface area contributed by atoms with Crippen molar-refractivity contribution < 1.29 is 9.53 Å². The Morgan fingerprint density at radius 3 is 2.52 bits per heavy atom. The number of hydrogen-bond donors (Lipinski definition) is 0. The molecule has 0 N–H and O–H groups in total. The number of hydrogen-bond acceptors (Lipinski definition) is 3. The second kappa shape index (κ2) is 5.56. The van der Waals surface area contributed by atoms with Gasteiger partial charge in [-0.05, 0) is 49.2 Å². The van der Waals surface area contributed by atoms with E-state index in [1.54, 1.807) is 12.4 Å². The summed E-state index contributed by atoms with van der Waals surface area (Å²) in [4.78, 5) is 18.1. The first-order chi connectivity index (χ1) is 10.1. The van der Waals surface area contributed by atoms with Crippen molar-refractivity contribution in [2.24, 2.45) is 0 Å². The Hall–Kier alpha value is -2.36. The van der Waals surface area contributed by atoms with Gasteiger partial charge >= 0.3 is 0 Å². The fourth-order valence-electron chi connectivity index (χ4n) is 2.34. The Kier molecular flexibility index (Phi) is 3.60. The molecule has 1 aliphatic rings. The van der Waals surface area contributed by atoms with E-state index >= 15 is 0 Å². The van der Waals surface area contributed by atoms with Crippen LogP contribution in [0.4, 0.5) is 0 Å². The normalized spacial score (nSPS) is 14.7. The lowest BCUT2D eigenvalue weighted by Gasteiger charge is -2.39.